The molecule has 0 aliphatic carbocycles. The van der Waals surface area contributed by atoms with Crippen molar-refractivity contribution in [1.29, 1.82) is 0 Å². The molecule has 24 heavy (non-hydrogen) atoms. The van der Waals surface area contributed by atoms with Crippen molar-refractivity contribution >= 4 is 17.3 Å². The third kappa shape index (κ3) is 6.16. The lowest BCUT2D eigenvalue weighted by molar-refractivity contribution is -0.384. The molecular formula is C17H27N3O4. The van der Waals surface area contributed by atoms with Crippen LogP contribution in [0.15, 0.2) is 18.2 Å². The fourth-order valence-electron chi connectivity index (χ4n) is 2.19. The van der Waals surface area contributed by atoms with Crippen LogP contribution in [0, 0.1) is 15.5 Å². The van der Waals surface area contributed by atoms with Crippen molar-refractivity contribution in [3.05, 3.63) is 33.9 Å². The second kappa shape index (κ2) is 8.63. The van der Waals surface area contributed by atoms with Gasteiger partial charge in [0.15, 0.2) is 0 Å². The number of carbonyl (C=O) groups excluding carboxylic acids is 1. The van der Waals surface area contributed by atoms with Crippen LogP contribution in [0.2, 0.25) is 0 Å². The number of aliphatic hydroxyl groups is 1. The van der Waals surface area contributed by atoms with Crippen molar-refractivity contribution in [3.63, 3.8) is 0 Å². The molecule has 0 saturated heterocycles. The fourth-order valence-corrected chi connectivity index (χ4v) is 2.19. The van der Waals surface area contributed by atoms with Crippen molar-refractivity contribution in [3.8, 4) is 0 Å². The number of anilines is 1. The number of nitro benzene ring substituents is 1. The van der Waals surface area contributed by atoms with Gasteiger partial charge in [0.25, 0.3) is 11.6 Å². The van der Waals surface area contributed by atoms with E-state index < -0.39 is 4.92 Å². The van der Waals surface area contributed by atoms with Gasteiger partial charge in [-0.2, -0.15) is 0 Å². The second-order valence-electron chi connectivity index (χ2n) is 6.97. The predicted molar refractivity (Wildman–Crippen MR) is 94.3 cm³/mol. The highest BCUT2D eigenvalue weighted by molar-refractivity contribution is 5.95. The minimum absolute atomic E-state index is 0.0377. The summed E-state index contributed by atoms with van der Waals surface area (Å²) < 4.78 is 0. The molecule has 0 fully saturated rings. The van der Waals surface area contributed by atoms with Crippen LogP contribution in [0.25, 0.3) is 0 Å². The van der Waals surface area contributed by atoms with Crippen LogP contribution in [-0.4, -0.2) is 35.1 Å². The van der Waals surface area contributed by atoms with Gasteiger partial charge in [0.1, 0.15) is 5.69 Å². The Labute approximate surface area is 142 Å². The number of carbonyl (C=O) groups is 1. The second-order valence-corrected chi connectivity index (χ2v) is 6.97. The SMILES string of the molecule is CC(C)NC(=O)c1ccc(NCCCC(C)(C)CO)c([N+](=O)[O-])c1. The highest BCUT2D eigenvalue weighted by Gasteiger charge is 2.19. The summed E-state index contributed by atoms with van der Waals surface area (Å²) in [4.78, 5) is 22.7. The zero-order valence-electron chi connectivity index (χ0n) is 14.8. The highest BCUT2D eigenvalue weighted by atomic mass is 16.6. The Morgan fingerprint density at radius 1 is 1.38 bits per heavy atom. The maximum Gasteiger partial charge on any atom is 0.293 e. The van der Waals surface area contributed by atoms with Crippen LogP contribution in [0.3, 0.4) is 0 Å². The van der Waals surface area contributed by atoms with Crippen molar-refractivity contribution in [1.82, 2.24) is 5.32 Å². The van der Waals surface area contributed by atoms with Gasteiger partial charge in [0.2, 0.25) is 0 Å². The molecule has 0 aromatic heterocycles. The predicted octanol–water partition coefficient (Wildman–Crippen LogP) is 2.94. The Morgan fingerprint density at radius 2 is 2.04 bits per heavy atom. The van der Waals surface area contributed by atoms with Crippen LogP contribution in [-0.2, 0) is 0 Å². The first kappa shape index (κ1) is 19.9. The number of nitrogens with zero attached hydrogens (tertiary/aromatic N) is 1. The normalized spacial score (nSPS) is 11.4. The molecule has 134 valence electrons. The van der Waals surface area contributed by atoms with E-state index in [-0.39, 0.29) is 35.2 Å². The van der Waals surface area contributed by atoms with Crippen LogP contribution < -0.4 is 10.6 Å². The summed E-state index contributed by atoms with van der Waals surface area (Å²) >= 11 is 0. The first-order chi connectivity index (χ1) is 11.2. The van der Waals surface area contributed by atoms with Gasteiger partial charge in [0.05, 0.1) is 4.92 Å². The molecule has 1 aromatic rings. The summed E-state index contributed by atoms with van der Waals surface area (Å²) in [7, 11) is 0. The summed E-state index contributed by atoms with van der Waals surface area (Å²) in [5, 5.41) is 26.2. The van der Waals surface area contributed by atoms with Gasteiger partial charge in [0, 0.05) is 30.8 Å². The van der Waals surface area contributed by atoms with E-state index in [1.807, 2.05) is 27.7 Å². The molecule has 0 saturated carbocycles. The summed E-state index contributed by atoms with van der Waals surface area (Å²) in [6.45, 7) is 8.26. The molecule has 0 aliphatic heterocycles. The van der Waals surface area contributed by atoms with Gasteiger partial charge < -0.3 is 15.7 Å². The van der Waals surface area contributed by atoms with Crippen molar-refractivity contribution in [2.45, 2.75) is 46.6 Å². The molecule has 0 radical (unpaired) electrons. The Kier molecular flexibility index (Phi) is 7.16. The van der Waals surface area contributed by atoms with E-state index in [0.29, 0.717) is 12.2 Å². The summed E-state index contributed by atoms with van der Waals surface area (Å²) in [6.07, 6.45) is 1.58. The number of amides is 1. The number of hydrogen-bond donors (Lipinski definition) is 3. The fraction of sp³-hybridized carbons (Fsp3) is 0.588. The first-order valence-electron chi connectivity index (χ1n) is 8.10. The van der Waals surface area contributed by atoms with Crippen LogP contribution in [0.5, 0.6) is 0 Å². The summed E-state index contributed by atoms with van der Waals surface area (Å²) in [5.41, 5.74) is 0.380. The van der Waals surface area contributed by atoms with E-state index in [1.165, 1.54) is 6.07 Å². The Balaban J connectivity index is 2.77. The van der Waals surface area contributed by atoms with Crippen molar-refractivity contribution < 1.29 is 14.8 Å². The summed E-state index contributed by atoms with van der Waals surface area (Å²) in [6, 6.07) is 4.39. The highest BCUT2D eigenvalue weighted by Crippen LogP contribution is 2.26. The minimum Gasteiger partial charge on any atom is -0.396 e. The minimum atomic E-state index is -0.494. The third-order valence-corrected chi connectivity index (χ3v) is 3.65. The number of aliphatic hydroxyl groups excluding tert-OH is 1. The van der Waals surface area contributed by atoms with Gasteiger partial charge in [-0.25, -0.2) is 0 Å². The molecule has 1 amide bonds. The van der Waals surface area contributed by atoms with Crippen LogP contribution >= 0.6 is 0 Å². The standard InChI is InChI=1S/C17H27N3O4/c1-12(2)19-16(22)13-6-7-14(15(10-13)20(23)24)18-9-5-8-17(3,4)11-21/h6-7,10,12,18,21H,5,8-9,11H2,1-4H3,(H,19,22). The van der Waals surface area contributed by atoms with Crippen LogP contribution in [0.4, 0.5) is 11.4 Å². The maximum absolute atomic E-state index is 12.0. The van der Waals surface area contributed by atoms with E-state index in [2.05, 4.69) is 10.6 Å². The van der Waals surface area contributed by atoms with E-state index >= 15 is 0 Å². The zero-order valence-corrected chi connectivity index (χ0v) is 14.8. The molecule has 7 nitrogen and oxygen atoms in total. The molecule has 1 aromatic carbocycles. The van der Waals surface area contributed by atoms with E-state index in [9.17, 15) is 20.0 Å². The number of nitro groups is 1. The van der Waals surface area contributed by atoms with Crippen molar-refractivity contribution in [2.24, 2.45) is 5.41 Å². The van der Waals surface area contributed by atoms with E-state index in [0.717, 1.165) is 12.8 Å². The largest absolute Gasteiger partial charge is 0.396 e. The van der Waals surface area contributed by atoms with E-state index in [1.54, 1.807) is 12.1 Å². The Morgan fingerprint density at radius 3 is 2.58 bits per heavy atom. The third-order valence-electron chi connectivity index (χ3n) is 3.65. The lowest BCUT2D eigenvalue weighted by Crippen LogP contribution is -2.30. The number of benzene rings is 1. The molecule has 0 aliphatic rings. The zero-order chi connectivity index (χ0) is 18.3. The lowest BCUT2D eigenvalue weighted by Gasteiger charge is -2.21. The quantitative estimate of drug-likeness (QED) is 0.365. The molecule has 3 N–H and O–H groups in total. The molecule has 7 heteroatoms. The summed E-state index contributed by atoms with van der Waals surface area (Å²) in [5.74, 6) is -0.329. The molecule has 1 rings (SSSR count). The van der Waals surface area contributed by atoms with E-state index in [4.69, 9.17) is 0 Å². The molecule has 0 spiro atoms. The Bertz CT molecular complexity index is 585. The topological polar surface area (TPSA) is 104 Å². The smallest absolute Gasteiger partial charge is 0.293 e. The molecule has 0 unspecified atom stereocenters. The van der Waals surface area contributed by atoms with Gasteiger partial charge in [-0.15, -0.1) is 0 Å². The number of nitrogens with one attached hydrogen (secondary N) is 2. The van der Waals surface area contributed by atoms with Crippen molar-refractivity contribution in [2.75, 3.05) is 18.5 Å². The molecule has 0 bridgehead atoms. The monoisotopic (exact) mass is 337 g/mol. The number of hydrogen-bond acceptors (Lipinski definition) is 5. The average Bonchev–Trinajstić information content (AvgIpc) is 2.50. The molecule has 0 heterocycles. The Hall–Kier alpha value is -2.15. The van der Waals surface area contributed by atoms with Gasteiger partial charge in [-0.05, 0) is 44.2 Å². The average molecular weight is 337 g/mol. The number of rotatable bonds is 9. The maximum atomic E-state index is 12.0. The first-order valence-corrected chi connectivity index (χ1v) is 8.10. The molecule has 0 atom stereocenters. The van der Waals surface area contributed by atoms with Gasteiger partial charge >= 0.3 is 0 Å². The van der Waals surface area contributed by atoms with Crippen LogP contribution in [0.1, 0.15) is 50.9 Å². The van der Waals surface area contributed by atoms with Gasteiger partial charge in [-0.1, -0.05) is 13.8 Å². The van der Waals surface area contributed by atoms with Gasteiger partial charge in [-0.3, -0.25) is 14.9 Å². The lowest BCUT2D eigenvalue weighted by atomic mass is 9.89. The molecular weight excluding hydrogens is 310 g/mol.